The minimum Gasteiger partial charge on any atom is -0.491 e. The predicted octanol–water partition coefficient (Wildman–Crippen LogP) is 3.16. The monoisotopic (exact) mass is 460 g/mol. The lowest BCUT2D eigenvalue weighted by molar-refractivity contribution is -0.139. The number of nitrogens with zero attached hydrogens (tertiary/aromatic N) is 2. The molecule has 1 aliphatic heterocycles. The molecule has 2 heterocycles. The van der Waals surface area contributed by atoms with Crippen molar-refractivity contribution in [3.05, 3.63) is 100 Å². The molecule has 1 aromatic heterocycles. The lowest BCUT2D eigenvalue weighted by Gasteiger charge is -2.27. The molecule has 2 aromatic carbocycles. The Morgan fingerprint density at radius 3 is 2.65 bits per heavy atom. The molecule has 0 saturated carbocycles. The number of benzene rings is 2. The Kier molecular flexibility index (Phi) is 6.68. The first kappa shape index (κ1) is 23.5. The lowest BCUT2D eigenvalue weighted by Crippen LogP contribution is -2.44. The van der Waals surface area contributed by atoms with E-state index < -0.39 is 17.4 Å². The molecule has 4 rings (SSSR count). The Balaban J connectivity index is 1.69. The van der Waals surface area contributed by atoms with Gasteiger partial charge in [-0.05, 0) is 42.3 Å². The number of carbonyl (C=O) groups is 1. The number of aromatic nitrogens is 1. The van der Waals surface area contributed by atoms with E-state index in [2.05, 4.69) is 0 Å². The Hall–Kier alpha value is -3.68. The van der Waals surface area contributed by atoms with Crippen molar-refractivity contribution in [3.63, 3.8) is 0 Å². The van der Waals surface area contributed by atoms with Gasteiger partial charge >= 0.3 is 0 Å². The number of ether oxygens (including phenoxy) is 1. The van der Waals surface area contributed by atoms with E-state index in [1.807, 2.05) is 36.4 Å². The molecule has 7 nitrogen and oxygen atoms in total. The summed E-state index contributed by atoms with van der Waals surface area (Å²) in [4.78, 5) is 27.8. The minimum atomic E-state index is -1.70. The number of hydrogen-bond acceptors (Lipinski definition) is 5. The standard InChI is InChI=1S/C27H28N2O5/c1-19(9-5-6-16-30)27(33)22-12-3-4-13-23(22)29(26(27)32)18-20-10-7-11-21(17-20)28-15-8-14-24(34-2)25(28)31/h3-5,7-15,17,19,30,33H,6,16,18H2,1-2H3/b9-5+/t19-,27+/m1/s1. The smallest absolute Gasteiger partial charge is 0.297 e. The predicted molar refractivity (Wildman–Crippen MR) is 130 cm³/mol. The van der Waals surface area contributed by atoms with Crippen LogP contribution in [0.3, 0.4) is 0 Å². The van der Waals surface area contributed by atoms with Gasteiger partial charge in [-0.15, -0.1) is 0 Å². The molecule has 0 saturated heterocycles. The van der Waals surface area contributed by atoms with Crippen molar-refractivity contribution in [2.45, 2.75) is 25.5 Å². The van der Waals surface area contributed by atoms with Gasteiger partial charge in [0.25, 0.3) is 11.5 Å². The molecule has 176 valence electrons. The van der Waals surface area contributed by atoms with Crippen molar-refractivity contribution in [1.29, 1.82) is 0 Å². The van der Waals surface area contributed by atoms with Gasteiger partial charge in [0.2, 0.25) is 0 Å². The molecule has 34 heavy (non-hydrogen) atoms. The molecule has 1 amide bonds. The largest absolute Gasteiger partial charge is 0.491 e. The summed E-state index contributed by atoms with van der Waals surface area (Å²) in [5, 5.41) is 20.6. The molecule has 3 aromatic rings. The van der Waals surface area contributed by atoms with E-state index >= 15 is 0 Å². The molecule has 0 fully saturated rings. The van der Waals surface area contributed by atoms with Crippen LogP contribution in [-0.2, 0) is 16.9 Å². The van der Waals surface area contributed by atoms with Gasteiger partial charge in [-0.2, -0.15) is 0 Å². The maximum atomic E-state index is 13.6. The number of methoxy groups -OCH3 is 1. The van der Waals surface area contributed by atoms with Crippen molar-refractivity contribution in [3.8, 4) is 11.4 Å². The fourth-order valence-electron chi connectivity index (χ4n) is 4.39. The van der Waals surface area contributed by atoms with Crippen LogP contribution in [0.2, 0.25) is 0 Å². The summed E-state index contributed by atoms with van der Waals surface area (Å²) in [5.74, 6) is -0.650. The molecule has 2 atom stereocenters. The average Bonchev–Trinajstić information content (AvgIpc) is 3.07. The maximum absolute atomic E-state index is 13.6. The fourth-order valence-corrected chi connectivity index (χ4v) is 4.39. The Bertz CT molecular complexity index is 1280. The summed E-state index contributed by atoms with van der Waals surface area (Å²) in [6.45, 7) is 2.03. The van der Waals surface area contributed by atoms with Crippen LogP contribution in [0, 0.1) is 5.92 Å². The maximum Gasteiger partial charge on any atom is 0.297 e. The third-order valence-electron chi connectivity index (χ3n) is 6.22. The third kappa shape index (κ3) is 4.04. The van der Waals surface area contributed by atoms with Gasteiger partial charge in [0.15, 0.2) is 11.4 Å². The van der Waals surface area contributed by atoms with Crippen LogP contribution in [0.15, 0.2) is 83.8 Å². The first-order chi connectivity index (χ1) is 16.4. The van der Waals surface area contributed by atoms with Crippen molar-refractivity contribution < 1.29 is 19.7 Å². The van der Waals surface area contributed by atoms with E-state index in [0.29, 0.717) is 23.4 Å². The van der Waals surface area contributed by atoms with E-state index in [1.54, 1.807) is 54.4 Å². The van der Waals surface area contributed by atoms with E-state index in [0.717, 1.165) is 5.56 Å². The lowest BCUT2D eigenvalue weighted by atomic mass is 9.83. The van der Waals surface area contributed by atoms with Gasteiger partial charge in [0, 0.05) is 30.0 Å². The fraction of sp³-hybridized carbons (Fsp3) is 0.259. The molecule has 2 N–H and O–H groups in total. The number of para-hydroxylation sites is 1. The highest BCUT2D eigenvalue weighted by molar-refractivity contribution is 6.07. The van der Waals surface area contributed by atoms with Crippen molar-refractivity contribution >= 4 is 11.6 Å². The SMILES string of the molecule is COc1cccn(-c2cccc(CN3C(=O)[C@](O)([C@H](C)/C=C/CCO)c4ccccc43)c2)c1=O. The second-order valence-corrected chi connectivity index (χ2v) is 8.33. The second kappa shape index (κ2) is 9.67. The van der Waals surface area contributed by atoms with Crippen LogP contribution in [0.25, 0.3) is 5.69 Å². The van der Waals surface area contributed by atoms with Crippen molar-refractivity contribution in [2.75, 3.05) is 18.6 Å². The first-order valence-electron chi connectivity index (χ1n) is 11.2. The summed E-state index contributed by atoms with van der Waals surface area (Å²) in [7, 11) is 1.45. The van der Waals surface area contributed by atoms with Gasteiger partial charge in [-0.25, -0.2) is 0 Å². The molecule has 7 heteroatoms. The summed E-state index contributed by atoms with van der Waals surface area (Å²) >= 11 is 0. The van der Waals surface area contributed by atoms with Crippen LogP contribution < -0.4 is 15.2 Å². The zero-order valence-corrected chi connectivity index (χ0v) is 19.2. The van der Waals surface area contributed by atoms with Crippen molar-refractivity contribution in [2.24, 2.45) is 5.92 Å². The minimum absolute atomic E-state index is 0.00498. The molecular formula is C27H28N2O5. The number of aliphatic hydroxyl groups excluding tert-OH is 1. The molecule has 0 spiro atoms. The number of hydrogen-bond donors (Lipinski definition) is 2. The highest BCUT2D eigenvalue weighted by atomic mass is 16.5. The molecular weight excluding hydrogens is 432 g/mol. The number of pyridine rings is 1. The van der Waals surface area contributed by atoms with Crippen LogP contribution in [-0.4, -0.2) is 34.4 Å². The zero-order chi connectivity index (χ0) is 24.3. The molecule has 0 aliphatic carbocycles. The number of amides is 1. The Labute approximate surface area is 198 Å². The summed E-state index contributed by atoms with van der Waals surface area (Å²) in [5.41, 5.74) is 0.689. The number of fused-ring (bicyclic) bond motifs is 1. The highest BCUT2D eigenvalue weighted by Gasteiger charge is 2.52. The van der Waals surface area contributed by atoms with E-state index in [9.17, 15) is 14.7 Å². The van der Waals surface area contributed by atoms with E-state index in [-0.39, 0.29) is 24.5 Å². The van der Waals surface area contributed by atoms with Crippen LogP contribution >= 0.6 is 0 Å². The van der Waals surface area contributed by atoms with Crippen LogP contribution in [0.5, 0.6) is 5.75 Å². The van der Waals surface area contributed by atoms with Gasteiger partial charge in [-0.3, -0.25) is 14.2 Å². The molecule has 0 radical (unpaired) electrons. The first-order valence-corrected chi connectivity index (χ1v) is 11.2. The average molecular weight is 461 g/mol. The third-order valence-corrected chi connectivity index (χ3v) is 6.22. The van der Waals surface area contributed by atoms with Gasteiger partial charge in [0.05, 0.1) is 19.3 Å². The van der Waals surface area contributed by atoms with E-state index in [1.165, 1.54) is 11.7 Å². The van der Waals surface area contributed by atoms with Gasteiger partial charge in [0.1, 0.15) is 0 Å². The Morgan fingerprint density at radius 1 is 1.09 bits per heavy atom. The highest BCUT2D eigenvalue weighted by Crippen LogP contribution is 2.45. The quantitative estimate of drug-likeness (QED) is 0.504. The number of aliphatic hydroxyl groups is 2. The number of carbonyl (C=O) groups excluding carboxylic acids is 1. The van der Waals surface area contributed by atoms with Crippen LogP contribution in [0.1, 0.15) is 24.5 Å². The van der Waals surface area contributed by atoms with Crippen molar-refractivity contribution in [1.82, 2.24) is 4.57 Å². The number of rotatable bonds is 8. The van der Waals surface area contributed by atoms with Gasteiger partial charge in [-0.1, -0.05) is 49.4 Å². The topological polar surface area (TPSA) is 92.0 Å². The summed E-state index contributed by atoms with van der Waals surface area (Å²) in [6, 6.07) is 18.0. The summed E-state index contributed by atoms with van der Waals surface area (Å²) < 4.78 is 6.64. The molecule has 0 bridgehead atoms. The molecule has 0 unspecified atom stereocenters. The van der Waals surface area contributed by atoms with Crippen LogP contribution in [0.4, 0.5) is 5.69 Å². The zero-order valence-electron chi connectivity index (χ0n) is 19.2. The Morgan fingerprint density at radius 2 is 1.88 bits per heavy atom. The van der Waals surface area contributed by atoms with Gasteiger partial charge < -0.3 is 19.8 Å². The summed E-state index contributed by atoms with van der Waals surface area (Å²) in [6.07, 6.45) is 5.66. The normalized spacial score (nSPS) is 18.4. The molecule has 1 aliphatic rings. The second-order valence-electron chi connectivity index (χ2n) is 8.33. The van der Waals surface area contributed by atoms with E-state index in [4.69, 9.17) is 9.84 Å². The number of anilines is 1.